The number of aldehydes is 1. The Labute approximate surface area is 249 Å². The van der Waals surface area contributed by atoms with Crippen LogP contribution in [0.15, 0.2) is 0 Å². The molecule has 1 N–H and O–H groups in total. The van der Waals surface area contributed by atoms with E-state index in [0.717, 1.165) is 25.5 Å². The predicted molar refractivity (Wildman–Crippen MR) is 160 cm³/mol. The van der Waals surface area contributed by atoms with Crippen LogP contribution >= 0.6 is 7.82 Å². The maximum Gasteiger partial charge on any atom is 0.472 e. The smallest absolute Gasteiger partial charge is 0.466 e. The highest BCUT2D eigenvalue weighted by atomic mass is 31.2. The second-order valence-corrected chi connectivity index (χ2v) is 13.2. The molecule has 41 heavy (non-hydrogen) atoms. The summed E-state index contributed by atoms with van der Waals surface area (Å²) < 4.78 is 33.5. The largest absolute Gasteiger partial charge is 0.472 e. The summed E-state index contributed by atoms with van der Waals surface area (Å²) in [6.07, 6.45) is 16.9. The van der Waals surface area contributed by atoms with Crippen LogP contribution < -0.4 is 0 Å². The van der Waals surface area contributed by atoms with E-state index in [1.807, 2.05) is 21.1 Å². The molecule has 0 aliphatic carbocycles. The summed E-state index contributed by atoms with van der Waals surface area (Å²) in [4.78, 5) is 44.7. The van der Waals surface area contributed by atoms with Crippen molar-refractivity contribution in [1.29, 1.82) is 0 Å². The molecule has 0 heterocycles. The molecular formula is C30H59NO9P+. The van der Waals surface area contributed by atoms with E-state index in [-0.39, 0.29) is 45.1 Å². The molecule has 0 aliphatic rings. The number of esters is 2. The molecule has 242 valence electrons. The zero-order valence-corrected chi connectivity index (χ0v) is 27.2. The Morgan fingerprint density at radius 2 is 1.32 bits per heavy atom. The molecule has 0 aromatic heterocycles. The average Bonchev–Trinajstić information content (AvgIpc) is 2.89. The fraction of sp³-hybridized carbons (Fsp3) is 0.900. The number of rotatable bonds is 29. The van der Waals surface area contributed by atoms with Gasteiger partial charge in [0.1, 0.15) is 25.5 Å². The lowest BCUT2D eigenvalue weighted by Crippen LogP contribution is -2.37. The standard InChI is InChI=1S/C30H58NO9P/c1-5-6-7-8-9-10-11-12-13-14-15-16-17-20-29(33)37-25-22-28(40-30(34)21-18-19-24-32)27-39-41(35,36)38-26-23-31(2,3)4/h24,28H,5-23,25-27H2,1-4H3/p+1. The van der Waals surface area contributed by atoms with Gasteiger partial charge in [-0.1, -0.05) is 84.0 Å². The molecule has 0 saturated heterocycles. The SMILES string of the molecule is CCCCCCCCCCCCCCCC(=O)OCCC(COP(=O)(O)OCC[N+](C)(C)C)OC(=O)CCCC=O. The van der Waals surface area contributed by atoms with Gasteiger partial charge in [-0.2, -0.15) is 0 Å². The highest BCUT2D eigenvalue weighted by molar-refractivity contribution is 7.47. The van der Waals surface area contributed by atoms with Crippen molar-refractivity contribution >= 4 is 26.0 Å². The van der Waals surface area contributed by atoms with Crippen LogP contribution in [0.2, 0.25) is 0 Å². The van der Waals surface area contributed by atoms with Gasteiger partial charge in [-0.25, -0.2) is 4.57 Å². The monoisotopic (exact) mass is 608 g/mol. The molecule has 10 nitrogen and oxygen atoms in total. The lowest BCUT2D eigenvalue weighted by Gasteiger charge is -2.24. The van der Waals surface area contributed by atoms with Gasteiger partial charge < -0.3 is 23.6 Å². The molecule has 0 spiro atoms. The number of unbranched alkanes of at least 4 members (excludes halogenated alkanes) is 13. The third-order valence-corrected chi connectivity index (χ3v) is 7.61. The van der Waals surface area contributed by atoms with Crippen molar-refractivity contribution in [2.45, 2.75) is 129 Å². The van der Waals surface area contributed by atoms with Gasteiger partial charge in [-0.15, -0.1) is 0 Å². The maximum atomic E-state index is 12.2. The molecule has 0 fully saturated rings. The highest BCUT2D eigenvalue weighted by Gasteiger charge is 2.26. The van der Waals surface area contributed by atoms with E-state index >= 15 is 0 Å². The molecule has 2 atom stereocenters. The molecule has 11 heteroatoms. The summed E-state index contributed by atoms with van der Waals surface area (Å²) in [5.74, 6) is -0.876. The van der Waals surface area contributed by atoms with E-state index in [2.05, 4.69) is 6.92 Å². The normalized spacial score (nSPS) is 13.9. The van der Waals surface area contributed by atoms with Crippen molar-refractivity contribution in [3.05, 3.63) is 0 Å². The van der Waals surface area contributed by atoms with Crippen molar-refractivity contribution in [3.8, 4) is 0 Å². The fourth-order valence-corrected chi connectivity index (χ4v) is 4.80. The number of hydrogen-bond donors (Lipinski definition) is 1. The second kappa shape index (κ2) is 25.2. The third-order valence-electron chi connectivity index (χ3n) is 6.63. The van der Waals surface area contributed by atoms with Gasteiger partial charge >= 0.3 is 19.8 Å². The van der Waals surface area contributed by atoms with Crippen LogP contribution in [0.25, 0.3) is 0 Å². The van der Waals surface area contributed by atoms with Crippen molar-refractivity contribution in [2.75, 3.05) is 47.5 Å². The van der Waals surface area contributed by atoms with Crippen LogP contribution in [0, 0.1) is 0 Å². The first kappa shape index (κ1) is 39.7. The first-order valence-electron chi connectivity index (χ1n) is 15.7. The first-order chi connectivity index (χ1) is 19.5. The molecule has 0 amide bonds. The van der Waals surface area contributed by atoms with Crippen LogP contribution in [0.1, 0.15) is 122 Å². The van der Waals surface area contributed by atoms with Crippen molar-refractivity contribution in [2.24, 2.45) is 0 Å². The molecule has 0 aromatic carbocycles. The quantitative estimate of drug-likeness (QED) is 0.0332. The van der Waals surface area contributed by atoms with Crippen LogP contribution in [0.3, 0.4) is 0 Å². The number of carbonyl (C=O) groups excluding carboxylic acids is 3. The number of likely N-dealkylation sites (N-methyl/N-ethyl adjacent to an activating group) is 1. The van der Waals surface area contributed by atoms with Gasteiger partial charge in [0, 0.05) is 25.7 Å². The number of hydrogen-bond acceptors (Lipinski definition) is 8. The van der Waals surface area contributed by atoms with Gasteiger partial charge in [0.05, 0.1) is 34.4 Å². The van der Waals surface area contributed by atoms with Crippen molar-refractivity contribution in [3.63, 3.8) is 0 Å². The van der Waals surface area contributed by atoms with E-state index in [4.69, 9.17) is 18.5 Å². The number of phosphoric ester groups is 1. The summed E-state index contributed by atoms with van der Waals surface area (Å²) >= 11 is 0. The Morgan fingerprint density at radius 1 is 0.780 bits per heavy atom. The first-order valence-corrected chi connectivity index (χ1v) is 17.2. The van der Waals surface area contributed by atoms with Crippen molar-refractivity contribution < 1.29 is 46.8 Å². The Bertz CT molecular complexity index is 727. The lowest BCUT2D eigenvalue weighted by molar-refractivity contribution is -0.870. The van der Waals surface area contributed by atoms with Gasteiger partial charge in [-0.05, 0) is 12.8 Å². The third kappa shape index (κ3) is 28.6. The summed E-state index contributed by atoms with van der Waals surface area (Å²) in [5, 5.41) is 0. The minimum Gasteiger partial charge on any atom is -0.466 e. The zero-order valence-electron chi connectivity index (χ0n) is 26.3. The Balaban J connectivity index is 4.22. The molecule has 0 radical (unpaired) electrons. The molecule has 0 bridgehead atoms. The van der Waals surface area contributed by atoms with Crippen LogP contribution in [-0.2, 0) is 37.5 Å². The highest BCUT2D eigenvalue weighted by Crippen LogP contribution is 2.43. The minimum absolute atomic E-state index is 0.00892. The Morgan fingerprint density at radius 3 is 1.85 bits per heavy atom. The molecule has 0 saturated carbocycles. The molecule has 0 aromatic rings. The van der Waals surface area contributed by atoms with E-state index < -0.39 is 19.9 Å². The fourth-order valence-electron chi connectivity index (χ4n) is 4.06. The van der Waals surface area contributed by atoms with Crippen molar-refractivity contribution in [1.82, 2.24) is 0 Å². The van der Waals surface area contributed by atoms with Crippen LogP contribution in [-0.4, -0.2) is 81.2 Å². The average molecular weight is 609 g/mol. The Kier molecular flexibility index (Phi) is 24.4. The maximum absolute atomic E-state index is 12.2. The summed E-state index contributed by atoms with van der Waals surface area (Å²) in [6.45, 7) is 2.37. The Hall–Kier alpha value is -1.32. The zero-order chi connectivity index (χ0) is 30.8. The number of nitrogens with zero attached hydrogens (tertiary/aromatic N) is 1. The molecule has 2 unspecified atom stereocenters. The predicted octanol–water partition coefficient (Wildman–Crippen LogP) is 6.52. The van der Waals surface area contributed by atoms with Gasteiger partial charge in [0.2, 0.25) is 0 Å². The van der Waals surface area contributed by atoms with Gasteiger partial charge in [0.25, 0.3) is 0 Å². The molecular weight excluding hydrogens is 549 g/mol. The number of quaternary nitrogens is 1. The summed E-state index contributed by atoms with van der Waals surface area (Å²) in [6, 6.07) is 0. The van der Waals surface area contributed by atoms with Gasteiger partial charge in [0.15, 0.2) is 0 Å². The molecule has 0 rings (SSSR count). The number of ether oxygens (including phenoxy) is 2. The minimum atomic E-state index is -4.35. The van der Waals surface area contributed by atoms with Gasteiger partial charge in [-0.3, -0.25) is 18.6 Å². The molecule has 0 aliphatic heterocycles. The van der Waals surface area contributed by atoms with Crippen LogP contribution in [0.4, 0.5) is 0 Å². The second-order valence-electron chi connectivity index (χ2n) is 11.8. The number of carbonyl (C=O) groups is 3. The lowest BCUT2D eigenvalue weighted by atomic mass is 10.0. The van der Waals surface area contributed by atoms with Crippen LogP contribution in [0.5, 0.6) is 0 Å². The summed E-state index contributed by atoms with van der Waals surface area (Å²) in [5.41, 5.74) is 0. The van der Waals surface area contributed by atoms with E-state index in [1.54, 1.807) is 0 Å². The van der Waals surface area contributed by atoms with E-state index in [9.17, 15) is 23.8 Å². The topological polar surface area (TPSA) is 125 Å². The van der Waals surface area contributed by atoms with E-state index in [1.165, 1.54) is 64.2 Å². The van der Waals surface area contributed by atoms with E-state index in [0.29, 0.717) is 23.9 Å². The number of phosphoric acid groups is 1. The summed E-state index contributed by atoms with van der Waals surface area (Å²) in [7, 11) is 1.42.